The summed E-state index contributed by atoms with van der Waals surface area (Å²) in [7, 11) is 0. The van der Waals surface area contributed by atoms with Gasteiger partial charge in [0.15, 0.2) is 6.10 Å². The highest BCUT2D eigenvalue weighted by atomic mass is 79.9. The van der Waals surface area contributed by atoms with Gasteiger partial charge in [-0.25, -0.2) is 0 Å². The maximum Gasteiger partial charge on any atom is 0.259 e. The summed E-state index contributed by atoms with van der Waals surface area (Å²) < 4.78 is 6.69. The van der Waals surface area contributed by atoms with Crippen molar-refractivity contribution in [3.63, 3.8) is 0 Å². The first-order valence-corrected chi connectivity index (χ1v) is 12.2. The Bertz CT molecular complexity index is 989. The van der Waals surface area contributed by atoms with Crippen LogP contribution >= 0.6 is 15.9 Å². The zero-order chi connectivity index (χ0) is 21.8. The molecule has 4 heteroatoms. The SMILES string of the molecule is CC1(C)[C@@H]2C[C@@H](Br)[C@](C)(O[C@H]3C(=O)N(c4ccccc4)[C@H]3/C=C/c3ccccc3)C[C@@H]21. The molecule has 1 aliphatic heterocycles. The number of fused-ring (bicyclic) bond motifs is 1. The molecule has 2 aromatic carbocycles. The molecular formula is C27H30BrNO2. The summed E-state index contributed by atoms with van der Waals surface area (Å²) in [6.07, 6.45) is 5.88. The smallest absolute Gasteiger partial charge is 0.259 e. The van der Waals surface area contributed by atoms with E-state index in [1.807, 2.05) is 53.4 Å². The molecule has 0 spiro atoms. The van der Waals surface area contributed by atoms with E-state index in [1.165, 1.54) is 0 Å². The average molecular weight is 480 g/mol. The van der Waals surface area contributed by atoms with Crippen LogP contribution in [0.15, 0.2) is 66.7 Å². The Morgan fingerprint density at radius 3 is 2.32 bits per heavy atom. The molecule has 5 rings (SSSR count). The van der Waals surface area contributed by atoms with Gasteiger partial charge < -0.3 is 4.74 Å². The normalized spacial score (nSPS) is 36.2. The number of alkyl halides is 1. The largest absolute Gasteiger partial charge is 0.358 e. The molecular weight excluding hydrogens is 450 g/mol. The van der Waals surface area contributed by atoms with Crippen molar-refractivity contribution in [3.05, 3.63) is 72.3 Å². The monoisotopic (exact) mass is 479 g/mol. The maximum atomic E-state index is 13.3. The van der Waals surface area contributed by atoms with Crippen LogP contribution in [0.3, 0.4) is 0 Å². The van der Waals surface area contributed by atoms with Crippen LogP contribution in [0.2, 0.25) is 0 Å². The molecule has 2 saturated carbocycles. The number of halogens is 1. The lowest BCUT2D eigenvalue weighted by Gasteiger charge is -2.50. The van der Waals surface area contributed by atoms with E-state index in [4.69, 9.17) is 4.74 Å². The van der Waals surface area contributed by atoms with Crippen molar-refractivity contribution in [3.8, 4) is 0 Å². The first-order valence-electron chi connectivity index (χ1n) is 11.2. The minimum atomic E-state index is -0.455. The van der Waals surface area contributed by atoms with Crippen LogP contribution < -0.4 is 4.90 Å². The molecule has 162 valence electrons. The first kappa shape index (κ1) is 21.0. The number of amides is 1. The van der Waals surface area contributed by atoms with Crippen molar-refractivity contribution in [1.82, 2.24) is 0 Å². The summed E-state index contributed by atoms with van der Waals surface area (Å²) in [5.41, 5.74) is 2.09. The van der Waals surface area contributed by atoms with Crippen LogP contribution in [0.25, 0.3) is 6.08 Å². The predicted molar refractivity (Wildman–Crippen MR) is 129 cm³/mol. The van der Waals surface area contributed by atoms with Crippen LogP contribution in [-0.2, 0) is 9.53 Å². The molecule has 1 heterocycles. The maximum absolute atomic E-state index is 13.3. The fraction of sp³-hybridized carbons (Fsp3) is 0.444. The minimum absolute atomic E-state index is 0.0482. The number of hydrogen-bond acceptors (Lipinski definition) is 2. The first-order chi connectivity index (χ1) is 14.8. The average Bonchev–Trinajstić information content (AvgIpc) is 3.28. The van der Waals surface area contributed by atoms with Crippen LogP contribution in [0, 0.1) is 17.3 Å². The lowest BCUT2D eigenvalue weighted by atomic mass is 9.84. The lowest BCUT2D eigenvalue weighted by molar-refractivity contribution is -0.160. The fourth-order valence-corrected chi connectivity index (χ4v) is 6.33. The summed E-state index contributed by atoms with van der Waals surface area (Å²) in [6.45, 7) is 6.92. The van der Waals surface area contributed by atoms with Gasteiger partial charge in [-0.2, -0.15) is 0 Å². The van der Waals surface area contributed by atoms with Crippen molar-refractivity contribution in [2.45, 2.75) is 56.2 Å². The Morgan fingerprint density at radius 1 is 1.00 bits per heavy atom. The van der Waals surface area contributed by atoms with E-state index in [2.05, 4.69) is 61.0 Å². The number of anilines is 1. The van der Waals surface area contributed by atoms with Gasteiger partial charge in [0.1, 0.15) is 0 Å². The highest BCUT2D eigenvalue weighted by molar-refractivity contribution is 9.09. The Labute approximate surface area is 193 Å². The minimum Gasteiger partial charge on any atom is -0.358 e. The molecule has 0 unspecified atom stereocenters. The van der Waals surface area contributed by atoms with Gasteiger partial charge in [-0.05, 0) is 54.7 Å². The number of β-lactam (4-membered cyclic amide) rings is 1. The molecule has 0 radical (unpaired) electrons. The summed E-state index contributed by atoms with van der Waals surface area (Å²) in [6, 6.07) is 20.0. The number of rotatable bonds is 5. The second-order valence-electron chi connectivity index (χ2n) is 10.1. The van der Waals surface area contributed by atoms with E-state index < -0.39 is 6.10 Å². The van der Waals surface area contributed by atoms with E-state index in [-0.39, 0.29) is 22.4 Å². The van der Waals surface area contributed by atoms with Gasteiger partial charge in [-0.15, -0.1) is 0 Å². The number of carbonyl (C=O) groups is 1. The number of carbonyl (C=O) groups excluding carboxylic acids is 1. The predicted octanol–water partition coefficient (Wildman–Crippen LogP) is 6.09. The molecule has 3 fully saturated rings. The topological polar surface area (TPSA) is 29.5 Å². The van der Waals surface area contributed by atoms with Crippen LogP contribution in [0.1, 0.15) is 39.2 Å². The Morgan fingerprint density at radius 2 is 1.65 bits per heavy atom. The molecule has 0 aromatic heterocycles. The van der Waals surface area contributed by atoms with E-state index in [0.717, 1.165) is 30.0 Å². The number of para-hydroxylation sites is 1. The standard InChI is InChI=1S/C27H30BrNO2/c1-26(2)20-16-23(28)27(3,17-21(20)26)31-24-22(15-14-18-10-6-4-7-11-18)29(25(24)30)19-12-8-5-9-13-19/h4-15,20-24H,16-17H2,1-3H3/b15-14+/t20-,21+,22+,23-,24-,27-/m1/s1. The Hall–Kier alpha value is -1.91. The van der Waals surface area contributed by atoms with Crippen LogP contribution in [0.4, 0.5) is 5.69 Å². The summed E-state index contributed by atoms with van der Waals surface area (Å²) >= 11 is 3.92. The van der Waals surface area contributed by atoms with Gasteiger partial charge >= 0.3 is 0 Å². The third-order valence-corrected chi connectivity index (χ3v) is 9.18. The molecule has 0 N–H and O–H groups in total. The van der Waals surface area contributed by atoms with Gasteiger partial charge in [-0.3, -0.25) is 9.69 Å². The van der Waals surface area contributed by atoms with E-state index in [1.54, 1.807) is 0 Å². The van der Waals surface area contributed by atoms with E-state index >= 15 is 0 Å². The van der Waals surface area contributed by atoms with Crippen molar-refractivity contribution < 1.29 is 9.53 Å². The van der Waals surface area contributed by atoms with Crippen molar-refractivity contribution >= 4 is 33.6 Å². The zero-order valence-electron chi connectivity index (χ0n) is 18.4. The van der Waals surface area contributed by atoms with Crippen molar-refractivity contribution in [2.24, 2.45) is 17.3 Å². The van der Waals surface area contributed by atoms with Crippen LogP contribution in [-0.4, -0.2) is 28.5 Å². The van der Waals surface area contributed by atoms with E-state index in [9.17, 15) is 4.79 Å². The molecule has 3 nitrogen and oxygen atoms in total. The molecule has 1 saturated heterocycles. The van der Waals surface area contributed by atoms with E-state index in [0.29, 0.717) is 11.3 Å². The number of nitrogens with zero attached hydrogens (tertiary/aromatic N) is 1. The molecule has 1 amide bonds. The zero-order valence-corrected chi connectivity index (χ0v) is 20.0. The number of hydrogen-bond donors (Lipinski definition) is 0. The second-order valence-corrected chi connectivity index (χ2v) is 11.2. The van der Waals surface area contributed by atoms with Gasteiger partial charge in [-0.1, -0.05) is 90.5 Å². The summed E-state index contributed by atoms with van der Waals surface area (Å²) in [4.78, 5) is 15.4. The quantitative estimate of drug-likeness (QED) is 0.383. The van der Waals surface area contributed by atoms with Crippen LogP contribution in [0.5, 0.6) is 0 Å². The fourth-order valence-electron chi connectivity index (χ4n) is 5.63. The van der Waals surface area contributed by atoms with Gasteiger partial charge in [0.25, 0.3) is 5.91 Å². The highest BCUT2D eigenvalue weighted by Gasteiger charge is 2.65. The number of benzene rings is 2. The van der Waals surface area contributed by atoms with Gasteiger partial charge in [0, 0.05) is 10.5 Å². The third kappa shape index (κ3) is 3.58. The van der Waals surface area contributed by atoms with Crippen molar-refractivity contribution in [1.29, 1.82) is 0 Å². The Kier molecular flexibility index (Phi) is 5.14. The molecule has 0 bridgehead atoms. The molecule has 3 aliphatic rings. The summed E-state index contributed by atoms with van der Waals surface area (Å²) in [5.74, 6) is 1.50. The highest BCUT2D eigenvalue weighted by Crippen LogP contribution is 2.68. The molecule has 31 heavy (non-hydrogen) atoms. The Balaban J connectivity index is 1.40. The molecule has 2 aromatic rings. The third-order valence-electron chi connectivity index (χ3n) is 7.84. The molecule has 2 aliphatic carbocycles. The molecule has 6 atom stereocenters. The second kappa shape index (κ2) is 7.60. The van der Waals surface area contributed by atoms with Gasteiger partial charge in [0.2, 0.25) is 0 Å². The van der Waals surface area contributed by atoms with Gasteiger partial charge in [0.05, 0.1) is 11.6 Å². The number of ether oxygens (including phenoxy) is 1. The van der Waals surface area contributed by atoms with Crippen molar-refractivity contribution in [2.75, 3.05) is 4.90 Å². The summed E-state index contributed by atoms with van der Waals surface area (Å²) in [5, 5.41) is 0. The lowest BCUT2D eigenvalue weighted by Crippen LogP contribution is -2.68.